The highest BCUT2D eigenvalue weighted by molar-refractivity contribution is 9.10. The van der Waals surface area contributed by atoms with Gasteiger partial charge in [-0.2, -0.15) is 0 Å². The van der Waals surface area contributed by atoms with Gasteiger partial charge in [-0.25, -0.2) is 4.39 Å². The van der Waals surface area contributed by atoms with Crippen LogP contribution in [-0.2, 0) is 6.54 Å². The molecule has 0 aromatic heterocycles. The summed E-state index contributed by atoms with van der Waals surface area (Å²) in [6, 6.07) is 5.83. The molecular formula is C13H17BrFN. The van der Waals surface area contributed by atoms with Gasteiger partial charge in [0, 0.05) is 17.1 Å². The Morgan fingerprint density at radius 2 is 2.25 bits per heavy atom. The van der Waals surface area contributed by atoms with Crippen LogP contribution in [-0.4, -0.2) is 17.5 Å². The van der Waals surface area contributed by atoms with Crippen LogP contribution in [0.2, 0.25) is 0 Å². The van der Waals surface area contributed by atoms with Crippen molar-refractivity contribution in [1.29, 1.82) is 0 Å². The summed E-state index contributed by atoms with van der Waals surface area (Å²) >= 11 is 3.34. The van der Waals surface area contributed by atoms with Crippen molar-refractivity contribution in [3.05, 3.63) is 34.1 Å². The average Bonchev–Trinajstić information content (AvgIpc) is 2.63. The molecular weight excluding hydrogens is 269 g/mol. The molecule has 1 unspecified atom stereocenters. The van der Waals surface area contributed by atoms with Crippen molar-refractivity contribution < 1.29 is 4.39 Å². The summed E-state index contributed by atoms with van der Waals surface area (Å²) in [4.78, 5) is 2.46. The lowest BCUT2D eigenvalue weighted by molar-refractivity contribution is 0.239. The Kier molecular flexibility index (Phi) is 3.98. The molecule has 16 heavy (non-hydrogen) atoms. The van der Waals surface area contributed by atoms with Crippen LogP contribution in [0.4, 0.5) is 4.39 Å². The molecule has 1 aromatic rings. The molecule has 2 rings (SSSR count). The highest BCUT2D eigenvalue weighted by Crippen LogP contribution is 2.23. The lowest BCUT2D eigenvalue weighted by Gasteiger charge is -2.23. The maximum absolute atomic E-state index is 13.2. The maximum Gasteiger partial charge on any atom is 0.124 e. The van der Waals surface area contributed by atoms with Gasteiger partial charge < -0.3 is 0 Å². The van der Waals surface area contributed by atoms with Crippen LogP contribution < -0.4 is 0 Å². The Balaban J connectivity index is 2.08. The normalized spacial score (nSPS) is 21.6. The zero-order valence-electron chi connectivity index (χ0n) is 9.55. The van der Waals surface area contributed by atoms with E-state index < -0.39 is 0 Å². The van der Waals surface area contributed by atoms with Gasteiger partial charge in [-0.3, -0.25) is 4.90 Å². The predicted octanol–water partition coefficient (Wildman–Crippen LogP) is 3.96. The monoisotopic (exact) mass is 285 g/mol. The molecule has 88 valence electrons. The molecule has 0 saturated carbocycles. The second kappa shape index (κ2) is 5.28. The lowest BCUT2D eigenvalue weighted by Crippen LogP contribution is -2.28. The van der Waals surface area contributed by atoms with Gasteiger partial charge in [-0.1, -0.05) is 22.9 Å². The zero-order chi connectivity index (χ0) is 11.5. The minimum absolute atomic E-state index is 0.156. The van der Waals surface area contributed by atoms with Crippen molar-refractivity contribution in [2.75, 3.05) is 6.54 Å². The zero-order valence-corrected chi connectivity index (χ0v) is 11.1. The fourth-order valence-corrected chi connectivity index (χ4v) is 3.02. The van der Waals surface area contributed by atoms with Crippen LogP contribution in [0.1, 0.15) is 31.7 Å². The number of nitrogens with zero attached hydrogens (tertiary/aromatic N) is 1. The maximum atomic E-state index is 13.2. The summed E-state index contributed by atoms with van der Waals surface area (Å²) in [5, 5.41) is 0. The highest BCUT2D eigenvalue weighted by Gasteiger charge is 2.22. The van der Waals surface area contributed by atoms with Gasteiger partial charge in [-0.05, 0) is 49.6 Å². The Labute approximate surface area is 105 Å². The molecule has 3 heteroatoms. The van der Waals surface area contributed by atoms with Crippen LogP contribution in [0.5, 0.6) is 0 Å². The molecule has 1 aromatic carbocycles. The average molecular weight is 286 g/mol. The summed E-state index contributed by atoms with van der Waals surface area (Å²) in [6.45, 7) is 4.24. The Morgan fingerprint density at radius 1 is 1.44 bits per heavy atom. The van der Waals surface area contributed by atoms with E-state index in [9.17, 15) is 4.39 Å². The van der Waals surface area contributed by atoms with Crippen molar-refractivity contribution >= 4 is 15.9 Å². The number of rotatable bonds is 3. The third-order valence-corrected chi connectivity index (χ3v) is 3.74. The molecule has 0 bridgehead atoms. The molecule has 1 aliphatic rings. The molecule has 0 spiro atoms. The molecule has 1 nitrogen and oxygen atoms in total. The first-order chi connectivity index (χ1) is 7.69. The summed E-state index contributed by atoms with van der Waals surface area (Å²) in [5.41, 5.74) is 1.06. The fourth-order valence-electron chi connectivity index (χ4n) is 2.50. The number of hydrogen-bond acceptors (Lipinski definition) is 1. The van der Waals surface area contributed by atoms with Gasteiger partial charge in [0.1, 0.15) is 5.82 Å². The minimum Gasteiger partial charge on any atom is -0.296 e. The Hall–Kier alpha value is -0.410. The second-order valence-electron chi connectivity index (χ2n) is 4.45. The van der Waals surface area contributed by atoms with Gasteiger partial charge in [-0.15, -0.1) is 0 Å². The van der Waals surface area contributed by atoms with Gasteiger partial charge in [0.25, 0.3) is 0 Å². The Bertz CT molecular complexity index is 347. The molecule has 0 radical (unpaired) electrons. The predicted molar refractivity (Wildman–Crippen MR) is 67.8 cm³/mol. The van der Waals surface area contributed by atoms with E-state index in [0.717, 1.165) is 23.1 Å². The van der Waals surface area contributed by atoms with Crippen molar-refractivity contribution in [2.24, 2.45) is 0 Å². The van der Waals surface area contributed by atoms with Crippen molar-refractivity contribution in [2.45, 2.75) is 38.8 Å². The molecule has 0 amide bonds. The molecule has 1 heterocycles. The molecule has 1 aliphatic heterocycles. The minimum atomic E-state index is -0.156. The number of hydrogen-bond donors (Lipinski definition) is 0. The number of likely N-dealkylation sites (tertiary alicyclic amines) is 1. The van der Waals surface area contributed by atoms with Gasteiger partial charge in [0.15, 0.2) is 0 Å². The van der Waals surface area contributed by atoms with E-state index in [1.54, 1.807) is 6.07 Å². The van der Waals surface area contributed by atoms with E-state index in [1.807, 2.05) is 6.07 Å². The van der Waals surface area contributed by atoms with Crippen molar-refractivity contribution in [3.8, 4) is 0 Å². The fraction of sp³-hybridized carbons (Fsp3) is 0.538. The molecule has 1 fully saturated rings. The van der Waals surface area contributed by atoms with Crippen LogP contribution in [0.3, 0.4) is 0 Å². The second-order valence-corrected chi connectivity index (χ2v) is 5.37. The van der Waals surface area contributed by atoms with Gasteiger partial charge in [0.05, 0.1) is 0 Å². The first kappa shape index (κ1) is 12.1. The summed E-state index contributed by atoms with van der Waals surface area (Å²) < 4.78 is 14.1. The smallest absolute Gasteiger partial charge is 0.124 e. The first-order valence-corrected chi connectivity index (χ1v) is 6.67. The third-order valence-electron chi connectivity index (χ3n) is 3.28. The number of benzene rings is 1. The highest BCUT2D eigenvalue weighted by atomic mass is 79.9. The van der Waals surface area contributed by atoms with Crippen molar-refractivity contribution in [3.63, 3.8) is 0 Å². The standard InChI is InChI=1S/C13H17BrFN/c1-2-13-4-3-5-16(13)9-10-6-11(14)8-12(15)7-10/h6-8,13H,2-5,9H2,1H3. The van der Waals surface area contributed by atoms with Crippen molar-refractivity contribution in [1.82, 2.24) is 4.90 Å². The van der Waals surface area contributed by atoms with E-state index in [2.05, 4.69) is 27.8 Å². The largest absolute Gasteiger partial charge is 0.296 e. The third kappa shape index (κ3) is 2.83. The first-order valence-electron chi connectivity index (χ1n) is 5.88. The summed E-state index contributed by atoms with van der Waals surface area (Å²) in [6.07, 6.45) is 3.75. The van der Waals surface area contributed by atoms with E-state index >= 15 is 0 Å². The SMILES string of the molecule is CCC1CCCN1Cc1cc(F)cc(Br)c1. The Morgan fingerprint density at radius 3 is 2.94 bits per heavy atom. The molecule has 1 saturated heterocycles. The summed E-state index contributed by atoms with van der Waals surface area (Å²) in [7, 11) is 0. The van der Waals surface area contributed by atoms with Crippen LogP contribution in [0.25, 0.3) is 0 Å². The van der Waals surface area contributed by atoms with Gasteiger partial charge in [0.2, 0.25) is 0 Å². The molecule has 1 atom stereocenters. The quantitative estimate of drug-likeness (QED) is 0.813. The van der Waals surface area contributed by atoms with Crippen LogP contribution >= 0.6 is 15.9 Å². The van der Waals surface area contributed by atoms with E-state index in [4.69, 9.17) is 0 Å². The van der Waals surface area contributed by atoms with Crippen LogP contribution in [0, 0.1) is 5.82 Å². The topological polar surface area (TPSA) is 3.24 Å². The van der Waals surface area contributed by atoms with Crippen LogP contribution in [0.15, 0.2) is 22.7 Å². The number of halogens is 2. The van der Waals surface area contributed by atoms with E-state index in [-0.39, 0.29) is 5.82 Å². The molecule has 0 aliphatic carbocycles. The van der Waals surface area contributed by atoms with E-state index in [1.165, 1.54) is 25.3 Å². The summed E-state index contributed by atoms with van der Waals surface area (Å²) in [5.74, 6) is -0.156. The van der Waals surface area contributed by atoms with Gasteiger partial charge >= 0.3 is 0 Å². The lowest BCUT2D eigenvalue weighted by atomic mass is 10.1. The van der Waals surface area contributed by atoms with E-state index in [0.29, 0.717) is 6.04 Å². The molecule has 0 N–H and O–H groups in total.